The number of methoxy groups -OCH3 is 1. The van der Waals surface area contributed by atoms with Gasteiger partial charge in [0.15, 0.2) is 0 Å². The van der Waals surface area contributed by atoms with Crippen LogP contribution in [0.25, 0.3) is 0 Å². The maximum absolute atomic E-state index is 11.0. The molecule has 0 atom stereocenters. The van der Waals surface area contributed by atoms with Crippen molar-refractivity contribution in [3.8, 4) is 11.5 Å². The third-order valence-corrected chi connectivity index (χ3v) is 2.94. The standard InChI is InChI=1S/C14H11N3O6/c1-23-11-3-4-12(13(7-11)17(21)22)15-8-9-6-10(16(19)20)2-5-14(9)18/h2-8,18H,1H3. The van der Waals surface area contributed by atoms with Crippen molar-refractivity contribution in [2.45, 2.75) is 0 Å². The van der Waals surface area contributed by atoms with E-state index in [0.717, 1.165) is 24.4 Å². The van der Waals surface area contributed by atoms with Crippen LogP contribution in [0.3, 0.4) is 0 Å². The van der Waals surface area contributed by atoms with Gasteiger partial charge in [-0.05, 0) is 18.2 Å². The summed E-state index contributed by atoms with van der Waals surface area (Å²) in [6, 6.07) is 7.49. The van der Waals surface area contributed by atoms with Crippen LogP contribution in [0.2, 0.25) is 0 Å². The highest BCUT2D eigenvalue weighted by Crippen LogP contribution is 2.31. The molecule has 0 unspecified atom stereocenters. The van der Waals surface area contributed by atoms with Crippen LogP contribution in [0.1, 0.15) is 5.56 Å². The molecule has 0 amide bonds. The van der Waals surface area contributed by atoms with E-state index in [-0.39, 0.29) is 28.4 Å². The summed E-state index contributed by atoms with van der Waals surface area (Å²) in [4.78, 5) is 24.5. The number of hydrogen-bond donors (Lipinski definition) is 1. The summed E-state index contributed by atoms with van der Waals surface area (Å²) in [5, 5.41) is 31.5. The zero-order valence-corrected chi connectivity index (χ0v) is 11.9. The van der Waals surface area contributed by atoms with Gasteiger partial charge in [0.1, 0.15) is 17.2 Å². The largest absolute Gasteiger partial charge is 0.507 e. The SMILES string of the molecule is COc1ccc(N=Cc2cc([N+](=O)[O-])ccc2O)c([N+](=O)[O-])c1. The van der Waals surface area contributed by atoms with E-state index >= 15 is 0 Å². The zero-order chi connectivity index (χ0) is 17.0. The van der Waals surface area contributed by atoms with Gasteiger partial charge in [-0.3, -0.25) is 20.2 Å². The molecule has 0 aliphatic rings. The summed E-state index contributed by atoms with van der Waals surface area (Å²) in [7, 11) is 1.38. The van der Waals surface area contributed by atoms with Gasteiger partial charge in [0.2, 0.25) is 0 Å². The second-order valence-electron chi connectivity index (χ2n) is 4.37. The highest BCUT2D eigenvalue weighted by Gasteiger charge is 2.15. The number of nitro benzene ring substituents is 2. The molecule has 0 aromatic heterocycles. The van der Waals surface area contributed by atoms with Crippen molar-refractivity contribution in [3.05, 3.63) is 62.2 Å². The first-order valence-electron chi connectivity index (χ1n) is 6.26. The van der Waals surface area contributed by atoms with Crippen molar-refractivity contribution in [1.82, 2.24) is 0 Å². The Hall–Kier alpha value is -3.49. The molecule has 0 heterocycles. The fourth-order valence-corrected chi connectivity index (χ4v) is 1.78. The molecule has 0 bridgehead atoms. The first-order valence-corrected chi connectivity index (χ1v) is 6.26. The summed E-state index contributed by atoms with van der Waals surface area (Å²) in [6.45, 7) is 0. The Morgan fingerprint density at radius 1 is 1.13 bits per heavy atom. The first kappa shape index (κ1) is 15.9. The minimum absolute atomic E-state index is 0.0294. The Kier molecular flexibility index (Phi) is 4.50. The van der Waals surface area contributed by atoms with Crippen LogP contribution < -0.4 is 4.74 Å². The number of phenols is 1. The van der Waals surface area contributed by atoms with E-state index in [1.807, 2.05) is 0 Å². The number of aliphatic imine (C=N–C) groups is 1. The Morgan fingerprint density at radius 2 is 1.87 bits per heavy atom. The third-order valence-electron chi connectivity index (χ3n) is 2.94. The minimum Gasteiger partial charge on any atom is -0.507 e. The summed E-state index contributed by atoms with van der Waals surface area (Å²) < 4.78 is 4.91. The number of non-ortho nitro benzene ring substituents is 1. The number of nitrogens with zero attached hydrogens (tertiary/aromatic N) is 3. The van der Waals surface area contributed by atoms with E-state index in [4.69, 9.17) is 4.74 Å². The summed E-state index contributed by atoms with van der Waals surface area (Å²) in [5.41, 5.74) is -0.412. The second kappa shape index (κ2) is 6.52. The number of ether oxygens (including phenoxy) is 1. The van der Waals surface area contributed by atoms with Crippen molar-refractivity contribution in [2.75, 3.05) is 7.11 Å². The molecule has 0 saturated carbocycles. The fraction of sp³-hybridized carbons (Fsp3) is 0.0714. The summed E-state index contributed by atoms with van der Waals surface area (Å²) in [5.74, 6) is 0.0735. The molecule has 0 saturated heterocycles. The molecule has 9 nitrogen and oxygen atoms in total. The number of hydrogen-bond acceptors (Lipinski definition) is 7. The van der Waals surface area contributed by atoms with E-state index < -0.39 is 9.85 Å². The second-order valence-corrected chi connectivity index (χ2v) is 4.37. The molecule has 0 aliphatic heterocycles. The first-order chi connectivity index (χ1) is 10.9. The molecule has 23 heavy (non-hydrogen) atoms. The predicted octanol–water partition coefficient (Wildman–Crippen LogP) is 2.97. The highest BCUT2D eigenvalue weighted by atomic mass is 16.6. The van der Waals surface area contributed by atoms with Gasteiger partial charge in [0, 0.05) is 23.9 Å². The van der Waals surface area contributed by atoms with Crippen LogP contribution in [-0.2, 0) is 0 Å². The molecule has 0 aliphatic carbocycles. The van der Waals surface area contributed by atoms with Crippen molar-refractivity contribution in [1.29, 1.82) is 0 Å². The fourth-order valence-electron chi connectivity index (χ4n) is 1.78. The van der Waals surface area contributed by atoms with Gasteiger partial charge in [0.25, 0.3) is 11.4 Å². The molecule has 118 valence electrons. The van der Waals surface area contributed by atoms with Crippen molar-refractivity contribution < 1.29 is 19.7 Å². The third kappa shape index (κ3) is 3.59. The lowest BCUT2D eigenvalue weighted by atomic mass is 10.2. The molecule has 2 aromatic carbocycles. The van der Waals surface area contributed by atoms with E-state index in [1.54, 1.807) is 0 Å². The van der Waals surface area contributed by atoms with E-state index in [9.17, 15) is 25.3 Å². The van der Waals surface area contributed by atoms with Crippen molar-refractivity contribution >= 4 is 23.3 Å². The number of phenolic OH excluding ortho intramolecular Hbond substituents is 1. The van der Waals surface area contributed by atoms with Crippen LogP contribution in [0, 0.1) is 20.2 Å². The molecule has 0 radical (unpaired) electrons. The molecule has 0 spiro atoms. The van der Waals surface area contributed by atoms with E-state index in [0.29, 0.717) is 5.75 Å². The maximum atomic E-state index is 11.0. The van der Waals surface area contributed by atoms with Crippen molar-refractivity contribution in [2.24, 2.45) is 4.99 Å². The minimum atomic E-state index is -0.623. The molecular formula is C14H11N3O6. The number of rotatable bonds is 5. The topological polar surface area (TPSA) is 128 Å². The average molecular weight is 317 g/mol. The van der Waals surface area contributed by atoms with Gasteiger partial charge < -0.3 is 9.84 Å². The molecule has 2 aromatic rings. The maximum Gasteiger partial charge on any atom is 0.298 e. The van der Waals surface area contributed by atoms with Gasteiger partial charge in [-0.2, -0.15) is 0 Å². The van der Waals surface area contributed by atoms with Crippen LogP contribution in [0.15, 0.2) is 41.4 Å². The van der Waals surface area contributed by atoms with Crippen LogP contribution in [0.4, 0.5) is 17.1 Å². The normalized spacial score (nSPS) is 10.7. The van der Waals surface area contributed by atoms with Crippen molar-refractivity contribution in [3.63, 3.8) is 0 Å². The van der Waals surface area contributed by atoms with Gasteiger partial charge in [-0.1, -0.05) is 0 Å². The Labute approximate surface area is 129 Å². The molecule has 2 rings (SSSR count). The molecule has 0 fully saturated rings. The van der Waals surface area contributed by atoms with E-state index in [2.05, 4.69) is 4.99 Å². The average Bonchev–Trinajstić information content (AvgIpc) is 2.53. The summed E-state index contributed by atoms with van der Waals surface area (Å²) >= 11 is 0. The van der Waals surface area contributed by atoms with Crippen LogP contribution in [0.5, 0.6) is 11.5 Å². The quantitative estimate of drug-likeness (QED) is 0.513. The lowest BCUT2D eigenvalue weighted by molar-refractivity contribution is -0.384. The molecule has 1 N–H and O–H groups in total. The number of nitro groups is 2. The lowest BCUT2D eigenvalue weighted by Gasteiger charge is -2.02. The molecular weight excluding hydrogens is 306 g/mol. The van der Waals surface area contributed by atoms with Crippen LogP contribution >= 0.6 is 0 Å². The zero-order valence-electron chi connectivity index (χ0n) is 11.9. The Bertz CT molecular complexity index is 803. The molecule has 9 heteroatoms. The van der Waals surface area contributed by atoms with Gasteiger partial charge in [0.05, 0.1) is 23.0 Å². The predicted molar refractivity (Wildman–Crippen MR) is 81.7 cm³/mol. The number of aromatic hydroxyl groups is 1. The van der Waals surface area contributed by atoms with Gasteiger partial charge >= 0.3 is 0 Å². The smallest absolute Gasteiger partial charge is 0.298 e. The monoisotopic (exact) mass is 317 g/mol. The van der Waals surface area contributed by atoms with E-state index in [1.165, 1.54) is 25.3 Å². The van der Waals surface area contributed by atoms with Gasteiger partial charge in [-0.25, -0.2) is 4.99 Å². The Balaban J connectivity index is 2.42. The summed E-state index contributed by atoms with van der Waals surface area (Å²) in [6.07, 6.45) is 1.12. The van der Waals surface area contributed by atoms with Gasteiger partial charge in [-0.15, -0.1) is 0 Å². The highest BCUT2D eigenvalue weighted by molar-refractivity contribution is 5.87. The Morgan fingerprint density at radius 3 is 2.48 bits per heavy atom. The van der Waals surface area contributed by atoms with Crippen LogP contribution in [-0.4, -0.2) is 28.3 Å². The lowest BCUT2D eigenvalue weighted by Crippen LogP contribution is -1.92. The number of benzene rings is 2.